The Bertz CT molecular complexity index is 612. The normalized spacial score (nSPS) is 18.1. The number of carbonyl (C=O) groups is 2. The molecule has 0 N–H and O–H groups in total. The molecule has 1 aliphatic rings. The quantitative estimate of drug-likeness (QED) is 0.790. The zero-order valence-corrected chi connectivity index (χ0v) is 15.2. The van der Waals surface area contributed by atoms with E-state index >= 15 is 0 Å². The van der Waals surface area contributed by atoms with E-state index in [0.29, 0.717) is 24.0 Å². The number of carbonyl (C=O) groups excluding carboxylic acids is 2. The standard InChI is InChI=1S/C17H21BrFNO3/c1-17(2,3)23-16(22)20-7-6-12(10-20)15(21)8-11-4-5-13(19)9-14(11)18/h4-5,9,12H,6-8,10H2,1-3H3. The number of ketones is 1. The van der Waals surface area contributed by atoms with Crippen LogP contribution in [0.2, 0.25) is 0 Å². The second-order valence-corrected chi connectivity index (χ2v) is 7.65. The first kappa shape index (κ1) is 17.9. The molecule has 6 heteroatoms. The summed E-state index contributed by atoms with van der Waals surface area (Å²) >= 11 is 3.28. The van der Waals surface area contributed by atoms with Crippen LogP contribution in [0.4, 0.5) is 9.18 Å². The minimum Gasteiger partial charge on any atom is -0.444 e. The summed E-state index contributed by atoms with van der Waals surface area (Å²) in [5, 5.41) is 0. The second-order valence-electron chi connectivity index (χ2n) is 6.79. The number of benzene rings is 1. The average molecular weight is 386 g/mol. The Hall–Kier alpha value is -1.43. The van der Waals surface area contributed by atoms with Crippen molar-refractivity contribution in [2.75, 3.05) is 13.1 Å². The predicted molar refractivity (Wildman–Crippen MR) is 88.7 cm³/mol. The van der Waals surface area contributed by atoms with E-state index in [1.807, 2.05) is 20.8 Å². The molecular formula is C17H21BrFNO3. The largest absolute Gasteiger partial charge is 0.444 e. The maximum atomic E-state index is 13.1. The van der Waals surface area contributed by atoms with Crippen LogP contribution in [-0.2, 0) is 16.0 Å². The van der Waals surface area contributed by atoms with Crippen molar-refractivity contribution in [1.82, 2.24) is 4.90 Å². The highest BCUT2D eigenvalue weighted by atomic mass is 79.9. The molecule has 2 rings (SSSR count). The number of rotatable bonds is 3. The van der Waals surface area contributed by atoms with Gasteiger partial charge in [-0.1, -0.05) is 22.0 Å². The highest BCUT2D eigenvalue weighted by Gasteiger charge is 2.33. The van der Waals surface area contributed by atoms with Gasteiger partial charge in [-0.2, -0.15) is 0 Å². The van der Waals surface area contributed by atoms with Crippen LogP contribution in [0.5, 0.6) is 0 Å². The van der Waals surface area contributed by atoms with Crippen molar-refractivity contribution in [3.05, 3.63) is 34.1 Å². The Morgan fingerprint density at radius 2 is 2.09 bits per heavy atom. The van der Waals surface area contributed by atoms with Crippen LogP contribution >= 0.6 is 15.9 Å². The minimum atomic E-state index is -0.543. The smallest absolute Gasteiger partial charge is 0.410 e. The Balaban J connectivity index is 1.93. The van der Waals surface area contributed by atoms with Gasteiger partial charge in [0.2, 0.25) is 0 Å². The molecule has 1 atom stereocenters. The first-order chi connectivity index (χ1) is 10.7. The molecule has 0 radical (unpaired) electrons. The van der Waals surface area contributed by atoms with Crippen molar-refractivity contribution in [3.8, 4) is 0 Å². The molecule has 1 heterocycles. The van der Waals surface area contributed by atoms with Gasteiger partial charge in [0.25, 0.3) is 0 Å². The average Bonchev–Trinajstić information content (AvgIpc) is 2.90. The van der Waals surface area contributed by atoms with Gasteiger partial charge < -0.3 is 9.64 Å². The van der Waals surface area contributed by atoms with Gasteiger partial charge in [-0.05, 0) is 44.9 Å². The van der Waals surface area contributed by atoms with E-state index in [4.69, 9.17) is 4.74 Å². The molecule has 1 unspecified atom stereocenters. The number of Topliss-reactive ketones (excluding diaryl/α,β-unsaturated/α-hetero) is 1. The van der Waals surface area contributed by atoms with E-state index in [1.54, 1.807) is 11.0 Å². The molecule has 4 nitrogen and oxygen atoms in total. The number of hydrogen-bond donors (Lipinski definition) is 0. The zero-order chi connectivity index (χ0) is 17.2. The summed E-state index contributed by atoms with van der Waals surface area (Å²) < 4.78 is 19.0. The predicted octanol–water partition coefficient (Wildman–Crippen LogP) is 3.96. The molecule has 0 bridgehead atoms. The summed E-state index contributed by atoms with van der Waals surface area (Å²) in [5.74, 6) is -0.479. The first-order valence-corrected chi connectivity index (χ1v) is 8.39. The summed E-state index contributed by atoms with van der Waals surface area (Å²) in [7, 11) is 0. The summed E-state index contributed by atoms with van der Waals surface area (Å²) in [5.41, 5.74) is 0.213. The highest BCUT2D eigenvalue weighted by molar-refractivity contribution is 9.10. The number of nitrogens with zero attached hydrogens (tertiary/aromatic N) is 1. The van der Waals surface area contributed by atoms with Gasteiger partial charge in [0.15, 0.2) is 0 Å². The number of halogens is 2. The lowest BCUT2D eigenvalue weighted by atomic mass is 9.97. The fraction of sp³-hybridized carbons (Fsp3) is 0.529. The van der Waals surface area contributed by atoms with Gasteiger partial charge in [-0.25, -0.2) is 9.18 Å². The fourth-order valence-electron chi connectivity index (χ4n) is 2.51. The highest BCUT2D eigenvalue weighted by Crippen LogP contribution is 2.24. The Morgan fingerprint density at radius 1 is 1.39 bits per heavy atom. The lowest BCUT2D eigenvalue weighted by molar-refractivity contribution is -0.121. The van der Waals surface area contributed by atoms with E-state index < -0.39 is 5.60 Å². The Kier molecular flexibility index (Phi) is 5.45. The van der Waals surface area contributed by atoms with Crippen molar-refractivity contribution in [3.63, 3.8) is 0 Å². The third kappa shape index (κ3) is 5.03. The van der Waals surface area contributed by atoms with Crippen molar-refractivity contribution in [2.45, 2.75) is 39.2 Å². The van der Waals surface area contributed by atoms with Gasteiger partial charge in [0.1, 0.15) is 17.2 Å². The molecule has 1 aliphatic heterocycles. The molecule has 0 saturated carbocycles. The molecule has 1 saturated heterocycles. The summed E-state index contributed by atoms with van der Waals surface area (Å²) in [4.78, 5) is 26.0. The van der Waals surface area contributed by atoms with Crippen molar-refractivity contribution in [1.29, 1.82) is 0 Å². The molecular weight excluding hydrogens is 365 g/mol. The maximum Gasteiger partial charge on any atom is 0.410 e. The lowest BCUT2D eigenvalue weighted by Gasteiger charge is -2.24. The van der Waals surface area contributed by atoms with Crippen LogP contribution in [0.1, 0.15) is 32.8 Å². The fourth-order valence-corrected chi connectivity index (χ4v) is 3.00. The molecule has 1 fully saturated rings. The molecule has 1 aromatic rings. The summed E-state index contributed by atoms with van der Waals surface area (Å²) in [6.45, 7) is 6.35. The van der Waals surface area contributed by atoms with Crippen LogP contribution in [-0.4, -0.2) is 35.5 Å². The third-order valence-electron chi connectivity index (χ3n) is 3.68. The molecule has 0 aliphatic carbocycles. The third-order valence-corrected chi connectivity index (χ3v) is 4.41. The molecule has 1 amide bonds. The number of ether oxygens (including phenoxy) is 1. The van der Waals surface area contributed by atoms with E-state index in [-0.39, 0.29) is 30.0 Å². The monoisotopic (exact) mass is 385 g/mol. The summed E-state index contributed by atoms with van der Waals surface area (Å²) in [6, 6.07) is 4.30. The number of likely N-dealkylation sites (tertiary alicyclic amines) is 1. The van der Waals surface area contributed by atoms with Gasteiger partial charge >= 0.3 is 6.09 Å². The van der Waals surface area contributed by atoms with Crippen LogP contribution in [0.15, 0.2) is 22.7 Å². The Morgan fingerprint density at radius 3 is 2.70 bits per heavy atom. The molecule has 23 heavy (non-hydrogen) atoms. The van der Waals surface area contributed by atoms with Crippen molar-refractivity contribution in [2.24, 2.45) is 5.92 Å². The van der Waals surface area contributed by atoms with Gasteiger partial charge in [0.05, 0.1) is 0 Å². The van der Waals surface area contributed by atoms with E-state index in [2.05, 4.69) is 15.9 Å². The molecule has 1 aromatic carbocycles. The lowest BCUT2D eigenvalue weighted by Crippen LogP contribution is -2.36. The topological polar surface area (TPSA) is 46.6 Å². The van der Waals surface area contributed by atoms with E-state index in [9.17, 15) is 14.0 Å². The van der Waals surface area contributed by atoms with Crippen LogP contribution < -0.4 is 0 Å². The second kappa shape index (κ2) is 6.99. The van der Waals surface area contributed by atoms with Gasteiger partial charge in [-0.15, -0.1) is 0 Å². The summed E-state index contributed by atoms with van der Waals surface area (Å²) in [6.07, 6.45) is 0.487. The van der Waals surface area contributed by atoms with E-state index in [0.717, 1.165) is 5.56 Å². The first-order valence-electron chi connectivity index (χ1n) is 7.60. The molecule has 0 spiro atoms. The van der Waals surface area contributed by atoms with Crippen LogP contribution in [0, 0.1) is 11.7 Å². The van der Waals surface area contributed by atoms with Crippen LogP contribution in [0.25, 0.3) is 0 Å². The van der Waals surface area contributed by atoms with Gasteiger partial charge in [-0.3, -0.25) is 4.79 Å². The van der Waals surface area contributed by atoms with E-state index in [1.165, 1.54) is 12.1 Å². The van der Waals surface area contributed by atoms with Gasteiger partial charge in [0, 0.05) is 29.9 Å². The number of amides is 1. The SMILES string of the molecule is CC(C)(C)OC(=O)N1CCC(C(=O)Cc2ccc(F)cc2Br)C1. The molecule has 126 valence electrons. The van der Waals surface area contributed by atoms with Crippen molar-refractivity contribution >= 4 is 27.8 Å². The molecule has 0 aromatic heterocycles. The maximum absolute atomic E-state index is 13.1. The van der Waals surface area contributed by atoms with Crippen LogP contribution in [0.3, 0.4) is 0 Å². The Labute approximate surface area is 144 Å². The van der Waals surface area contributed by atoms with Crippen molar-refractivity contribution < 1.29 is 18.7 Å². The minimum absolute atomic E-state index is 0.0587. The zero-order valence-electron chi connectivity index (χ0n) is 13.6. The number of hydrogen-bond acceptors (Lipinski definition) is 3.